The first-order valence-corrected chi connectivity index (χ1v) is 9.74. The van der Waals surface area contributed by atoms with Crippen molar-refractivity contribution >= 4 is 27.4 Å². The number of aryl methyl sites for hydroxylation is 1. The predicted octanol–water partition coefficient (Wildman–Crippen LogP) is 3.84. The average Bonchev–Trinajstić information content (AvgIpc) is 2.55. The van der Waals surface area contributed by atoms with E-state index in [0.29, 0.717) is 16.9 Å². The van der Waals surface area contributed by atoms with Gasteiger partial charge < -0.3 is 10.6 Å². The Morgan fingerprint density at radius 2 is 1.54 bits per heavy atom. The summed E-state index contributed by atoms with van der Waals surface area (Å²) >= 11 is 0. The zero-order valence-corrected chi connectivity index (χ0v) is 16.5. The van der Waals surface area contributed by atoms with Crippen LogP contribution >= 0.6 is 0 Å². The van der Waals surface area contributed by atoms with Crippen molar-refractivity contribution in [3.05, 3.63) is 53.6 Å². The van der Waals surface area contributed by atoms with Crippen molar-refractivity contribution in [2.45, 2.75) is 38.0 Å². The minimum atomic E-state index is -3.72. The van der Waals surface area contributed by atoms with Gasteiger partial charge in [0.1, 0.15) is 0 Å². The summed E-state index contributed by atoms with van der Waals surface area (Å²) in [5.74, 6) is 0. The van der Waals surface area contributed by atoms with Gasteiger partial charge in [-0.05, 0) is 53.8 Å². The molecule has 26 heavy (non-hydrogen) atoms. The molecule has 0 bridgehead atoms. The maximum atomic E-state index is 12.8. The minimum absolute atomic E-state index is 0.148. The Hall–Kier alpha value is -2.54. The lowest BCUT2D eigenvalue weighted by Gasteiger charge is -2.21. The fraction of sp³-hybridized carbons (Fsp3) is 0.316. The van der Waals surface area contributed by atoms with Gasteiger partial charge in [-0.25, -0.2) is 13.2 Å². The first-order valence-electron chi connectivity index (χ1n) is 8.26. The molecule has 6 nitrogen and oxygen atoms in total. The van der Waals surface area contributed by atoms with Crippen LogP contribution in [-0.2, 0) is 15.4 Å². The summed E-state index contributed by atoms with van der Waals surface area (Å²) in [7, 11) is -2.20. The molecular weight excluding hydrogens is 350 g/mol. The van der Waals surface area contributed by atoms with Crippen LogP contribution in [0.25, 0.3) is 0 Å². The molecule has 0 saturated carbocycles. The molecule has 0 spiro atoms. The number of urea groups is 1. The van der Waals surface area contributed by atoms with E-state index in [1.165, 1.54) is 7.05 Å². The van der Waals surface area contributed by atoms with Crippen LogP contribution in [-0.4, -0.2) is 21.5 Å². The highest BCUT2D eigenvalue weighted by atomic mass is 32.2. The van der Waals surface area contributed by atoms with Crippen molar-refractivity contribution in [2.75, 3.05) is 17.1 Å². The number of carbonyl (C=O) groups excluding carboxylic acids is 1. The van der Waals surface area contributed by atoms with Crippen molar-refractivity contribution in [2.24, 2.45) is 0 Å². The smallest absolute Gasteiger partial charge is 0.318 e. The van der Waals surface area contributed by atoms with Gasteiger partial charge in [0, 0.05) is 18.4 Å². The molecular formula is C19H25N3O3S. The van der Waals surface area contributed by atoms with Crippen LogP contribution in [0, 0.1) is 6.92 Å². The first kappa shape index (κ1) is 19.8. The Morgan fingerprint density at radius 3 is 2.08 bits per heavy atom. The van der Waals surface area contributed by atoms with Gasteiger partial charge in [0.25, 0.3) is 10.0 Å². The third kappa shape index (κ3) is 4.76. The maximum Gasteiger partial charge on any atom is 0.318 e. The van der Waals surface area contributed by atoms with Gasteiger partial charge in [-0.15, -0.1) is 0 Å². The van der Waals surface area contributed by atoms with Gasteiger partial charge in [-0.1, -0.05) is 32.9 Å². The largest absolute Gasteiger partial charge is 0.341 e. The molecule has 7 heteroatoms. The second kappa shape index (κ2) is 7.37. The average molecular weight is 375 g/mol. The number of nitrogens with one attached hydrogen (secondary N) is 3. The van der Waals surface area contributed by atoms with Crippen molar-refractivity contribution in [1.82, 2.24) is 5.32 Å². The van der Waals surface area contributed by atoms with Gasteiger partial charge in [-0.2, -0.15) is 0 Å². The molecule has 2 amide bonds. The van der Waals surface area contributed by atoms with E-state index < -0.39 is 10.0 Å². The fourth-order valence-electron chi connectivity index (χ4n) is 2.38. The maximum absolute atomic E-state index is 12.8. The summed E-state index contributed by atoms with van der Waals surface area (Å²) in [6, 6.07) is 11.6. The zero-order valence-electron chi connectivity index (χ0n) is 15.7. The quantitative estimate of drug-likeness (QED) is 0.759. The molecule has 140 valence electrons. The number of rotatable bonds is 4. The third-order valence-electron chi connectivity index (χ3n) is 3.97. The van der Waals surface area contributed by atoms with Crippen molar-refractivity contribution in [3.63, 3.8) is 0 Å². The summed E-state index contributed by atoms with van der Waals surface area (Å²) in [5.41, 5.74) is 2.48. The normalized spacial score (nSPS) is 11.7. The number of carbonyl (C=O) groups is 1. The Balaban J connectivity index is 2.27. The van der Waals surface area contributed by atoms with Crippen molar-refractivity contribution < 1.29 is 13.2 Å². The van der Waals surface area contributed by atoms with Crippen LogP contribution in [0.5, 0.6) is 0 Å². The van der Waals surface area contributed by atoms with Crippen molar-refractivity contribution in [3.8, 4) is 0 Å². The number of sulfonamides is 1. The summed E-state index contributed by atoms with van der Waals surface area (Å²) in [6.45, 7) is 7.90. The zero-order chi connectivity index (χ0) is 19.5. The highest BCUT2D eigenvalue weighted by molar-refractivity contribution is 7.92. The van der Waals surface area contributed by atoms with Gasteiger partial charge in [0.2, 0.25) is 0 Å². The lowest BCUT2D eigenvalue weighted by atomic mass is 9.87. The minimum Gasteiger partial charge on any atom is -0.341 e. The van der Waals surface area contributed by atoms with E-state index in [1.54, 1.807) is 37.3 Å². The number of hydrogen-bond donors (Lipinski definition) is 3. The van der Waals surface area contributed by atoms with Crippen LogP contribution < -0.4 is 15.4 Å². The van der Waals surface area contributed by atoms with E-state index in [0.717, 1.165) is 5.56 Å². The van der Waals surface area contributed by atoms with Crippen LogP contribution in [0.4, 0.5) is 16.2 Å². The summed E-state index contributed by atoms with van der Waals surface area (Å²) in [5, 5.41) is 5.07. The lowest BCUT2D eigenvalue weighted by Crippen LogP contribution is -2.24. The van der Waals surface area contributed by atoms with E-state index >= 15 is 0 Å². The van der Waals surface area contributed by atoms with Crippen LogP contribution in [0.1, 0.15) is 31.9 Å². The summed E-state index contributed by atoms with van der Waals surface area (Å²) in [6.07, 6.45) is 0. The second-order valence-electron chi connectivity index (χ2n) is 7.12. The fourth-order valence-corrected chi connectivity index (χ4v) is 3.71. The van der Waals surface area contributed by atoms with E-state index in [1.807, 2.05) is 32.9 Å². The Morgan fingerprint density at radius 1 is 0.962 bits per heavy atom. The predicted molar refractivity (Wildman–Crippen MR) is 105 cm³/mol. The summed E-state index contributed by atoms with van der Waals surface area (Å²) in [4.78, 5) is 11.6. The molecule has 2 aromatic carbocycles. The molecule has 0 atom stereocenters. The Labute approximate surface area is 155 Å². The topological polar surface area (TPSA) is 87.3 Å². The molecule has 0 fully saturated rings. The first-order chi connectivity index (χ1) is 12.0. The van der Waals surface area contributed by atoms with E-state index in [2.05, 4.69) is 15.4 Å². The molecule has 0 aliphatic rings. The SMILES string of the molecule is CNC(=O)Nc1ccc(NS(=O)(=O)c2cc(C(C)(C)C)ccc2C)cc1. The van der Waals surface area contributed by atoms with Gasteiger partial charge >= 0.3 is 6.03 Å². The highest BCUT2D eigenvalue weighted by Crippen LogP contribution is 2.28. The van der Waals surface area contributed by atoms with Gasteiger partial charge in [0.05, 0.1) is 4.90 Å². The second-order valence-corrected chi connectivity index (χ2v) is 8.77. The number of anilines is 2. The highest BCUT2D eigenvalue weighted by Gasteiger charge is 2.21. The third-order valence-corrected chi connectivity index (χ3v) is 5.49. The molecule has 0 aliphatic carbocycles. The summed E-state index contributed by atoms with van der Waals surface area (Å²) < 4.78 is 28.2. The van der Waals surface area contributed by atoms with Crippen molar-refractivity contribution in [1.29, 1.82) is 0 Å². The molecule has 3 N–H and O–H groups in total. The molecule has 0 radical (unpaired) electrons. The molecule has 2 rings (SSSR count). The Kier molecular flexibility index (Phi) is 5.61. The van der Waals surface area contributed by atoms with E-state index in [9.17, 15) is 13.2 Å². The molecule has 0 unspecified atom stereocenters. The van der Waals surface area contributed by atoms with Crippen LogP contribution in [0.3, 0.4) is 0 Å². The van der Waals surface area contributed by atoms with Crippen LogP contribution in [0.2, 0.25) is 0 Å². The molecule has 2 aromatic rings. The standard InChI is InChI=1S/C19H25N3O3S/c1-13-6-7-14(19(2,3)4)12-17(13)26(24,25)22-16-10-8-15(9-11-16)21-18(23)20-5/h6-12,22H,1-5H3,(H2,20,21,23). The van der Waals surface area contributed by atoms with E-state index in [-0.39, 0.29) is 16.3 Å². The molecule has 0 aromatic heterocycles. The molecule has 0 aliphatic heterocycles. The van der Waals surface area contributed by atoms with Gasteiger partial charge in [-0.3, -0.25) is 4.72 Å². The van der Waals surface area contributed by atoms with E-state index in [4.69, 9.17) is 0 Å². The lowest BCUT2D eigenvalue weighted by molar-refractivity contribution is 0.254. The van der Waals surface area contributed by atoms with Gasteiger partial charge in [0.15, 0.2) is 0 Å². The number of benzene rings is 2. The monoisotopic (exact) mass is 375 g/mol. The number of amides is 2. The molecule has 0 saturated heterocycles. The van der Waals surface area contributed by atoms with Crippen LogP contribution in [0.15, 0.2) is 47.4 Å². The Bertz CT molecular complexity index is 899. The number of hydrogen-bond acceptors (Lipinski definition) is 3. The molecule has 0 heterocycles.